The van der Waals surface area contributed by atoms with Crippen LogP contribution in [0.25, 0.3) is 11.1 Å². The third-order valence-corrected chi connectivity index (χ3v) is 9.48. The van der Waals surface area contributed by atoms with Crippen molar-refractivity contribution in [1.82, 2.24) is 0 Å². The minimum atomic E-state index is -0.559. The molecule has 0 saturated heterocycles. The molecular formula is C49H52O8. The summed E-state index contributed by atoms with van der Waals surface area (Å²) in [4.78, 5) is 38.5. The molecule has 0 N–H and O–H groups in total. The molecule has 0 aromatic heterocycles. The highest BCUT2D eigenvalue weighted by Gasteiger charge is 2.14. The third-order valence-electron chi connectivity index (χ3n) is 9.48. The van der Waals surface area contributed by atoms with Gasteiger partial charge in [-0.25, -0.2) is 14.4 Å². The van der Waals surface area contributed by atoms with Gasteiger partial charge in [-0.3, -0.25) is 0 Å². The van der Waals surface area contributed by atoms with Gasteiger partial charge in [0.15, 0.2) is 0 Å². The van der Waals surface area contributed by atoms with Crippen LogP contribution in [0.1, 0.15) is 103 Å². The molecule has 0 fully saturated rings. The van der Waals surface area contributed by atoms with Gasteiger partial charge in [-0.05, 0) is 133 Å². The zero-order valence-corrected chi connectivity index (χ0v) is 33.0. The molecule has 0 unspecified atom stereocenters. The number of hydrogen-bond donors (Lipinski definition) is 0. The van der Waals surface area contributed by atoms with E-state index in [0.717, 1.165) is 42.6 Å². The van der Waals surface area contributed by atoms with Gasteiger partial charge in [0.05, 0.1) is 29.9 Å². The third kappa shape index (κ3) is 13.8. The summed E-state index contributed by atoms with van der Waals surface area (Å²) in [5, 5.41) is 0. The monoisotopic (exact) mass is 768 g/mol. The molecule has 0 heterocycles. The molecule has 0 aliphatic carbocycles. The summed E-state index contributed by atoms with van der Waals surface area (Å²) in [5.74, 6) is 1.38. The van der Waals surface area contributed by atoms with E-state index in [1.807, 2.05) is 24.3 Å². The SMILES string of the molecule is C=CCCCCCCCCCOc1ccc(C(=O)Oc2ccc(-c3cccc(OC(=O)c4ccc(OC(=O)c5ccc(OC[C@@H](C)CC)cc5)cc4)c3)cc2)cc1. The highest BCUT2D eigenvalue weighted by Crippen LogP contribution is 2.27. The van der Waals surface area contributed by atoms with Crippen LogP contribution in [0.2, 0.25) is 0 Å². The molecule has 0 saturated carbocycles. The van der Waals surface area contributed by atoms with Crippen LogP contribution in [-0.2, 0) is 0 Å². The second-order valence-electron chi connectivity index (χ2n) is 14.0. The Hall–Kier alpha value is -6.15. The van der Waals surface area contributed by atoms with E-state index >= 15 is 0 Å². The summed E-state index contributed by atoms with van der Waals surface area (Å²) in [7, 11) is 0. The largest absolute Gasteiger partial charge is 0.494 e. The molecule has 1 atom stereocenters. The Morgan fingerprint density at radius 2 is 0.982 bits per heavy atom. The first-order chi connectivity index (χ1) is 27.8. The zero-order chi connectivity index (χ0) is 40.2. The number of carbonyl (C=O) groups excluding carboxylic acids is 3. The van der Waals surface area contributed by atoms with Gasteiger partial charge in [0.1, 0.15) is 28.7 Å². The summed E-state index contributed by atoms with van der Waals surface area (Å²) in [6.45, 7) is 9.26. The lowest BCUT2D eigenvalue weighted by molar-refractivity contribution is 0.0723. The maximum absolute atomic E-state index is 13.0. The van der Waals surface area contributed by atoms with E-state index < -0.39 is 17.9 Å². The Labute approximate surface area is 336 Å². The van der Waals surface area contributed by atoms with Gasteiger partial charge in [-0.1, -0.05) is 82.7 Å². The van der Waals surface area contributed by atoms with E-state index in [0.29, 0.717) is 58.8 Å². The molecule has 296 valence electrons. The van der Waals surface area contributed by atoms with Crippen LogP contribution in [0.15, 0.2) is 134 Å². The predicted octanol–water partition coefficient (Wildman–Crippen LogP) is 12.1. The summed E-state index contributed by atoms with van der Waals surface area (Å²) >= 11 is 0. The summed E-state index contributed by atoms with van der Waals surface area (Å²) in [6.07, 6.45) is 12.5. The smallest absolute Gasteiger partial charge is 0.343 e. The van der Waals surface area contributed by atoms with Crippen molar-refractivity contribution < 1.29 is 38.1 Å². The van der Waals surface area contributed by atoms with Crippen molar-refractivity contribution in [2.75, 3.05) is 13.2 Å². The topological polar surface area (TPSA) is 97.4 Å². The van der Waals surface area contributed by atoms with Crippen molar-refractivity contribution in [1.29, 1.82) is 0 Å². The van der Waals surface area contributed by atoms with Gasteiger partial charge in [0.2, 0.25) is 0 Å². The second kappa shape index (κ2) is 22.4. The fourth-order valence-corrected chi connectivity index (χ4v) is 5.81. The number of unbranched alkanes of at least 4 members (excludes halogenated alkanes) is 7. The van der Waals surface area contributed by atoms with Crippen molar-refractivity contribution in [2.45, 2.75) is 71.6 Å². The van der Waals surface area contributed by atoms with Crippen LogP contribution in [0.4, 0.5) is 0 Å². The van der Waals surface area contributed by atoms with Crippen molar-refractivity contribution in [3.8, 4) is 39.9 Å². The molecule has 0 radical (unpaired) electrons. The van der Waals surface area contributed by atoms with Crippen molar-refractivity contribution >= 4 is 17.9 Å². The average molecular weight is 769 g/mol. The number of esters is 3. The fourth-order valence-electron chi connectivity index (χ4n) is 5.81. The van der Waals surface area contributed by atoms with Gasteiger partial charge in [0, 0.05) is 0 Å². The van der Waals surface area contributed by atoms with Gasteiger partial charge >= 0.3 is 17.9 Å². The van der Waals surface area contributed by atoms with Crippen LogP contribution >= 0.6 is 0 Å². The van der Waals surface area contributed by atoms with Crippen molar-refractivity contribution in [2.24, 2.45) is 5.92 Å². The molecule has 5 aromatic rings. The lowest BCUT2D eigenvalue weighted by atomic mass is 10.1. The molecule has 0 bridgehead atoms. The van der Waals surface area contributed by atoms with Crippen molar-refractivity contribution in [3.05, 3.63) is 151 Å². The van der Waals surface area contributed by atoms with Crippen LogP contribution < -0.4 is 23.7 Å². The zero-order valence-electron chi connectivity index (χ0n) is 33.0. The molecule has 0 aliphatic heterocycles. The Morgan fingerprint density at radius 1 is 0.526 bits per heavy atom. The van der Waals surface area contributed by atoms with E-state index in [1.165, 1.54) is 32.1 Å². The quantitative estimate of drug-likeness (QED) is 0.0297. The van der Waals surface area contributed by atoms with E-state index in [2.05, 4.69) is 20.4 Å². The standard InChI is InChI=1S/C49H52O8/c1-4-6-7-8-9-10-11-12-13-33-53-42-25-19-38(20-26-42)47(50)55-44-29-17-37(18-30-44)41-15-14-16-46(34-41)57-49(52)40-23-31-45(32-24-40)56-48(51)39-21-27-43(28-22-39)54-35-36(3)5-2/h4,14-32,34,36H,1,5-13,33,35H2,2-3H3/t36-/m0/s1. The van der Waals surface area contributed by atoms with Crippen LogP contribution in [0.3, 0.4) is 0 Å². The van der Waals surface area contributed by atoms with Crippen LogP contribution in [0.5, 0.6) is 28.7 Å². The normalized spacial score (nSPS) is 11.3. The van der Waals surface area contributed by atoms with E-state index in [1.54, 1.807) is 103 Å². The first-order valence-electron chi connectivity index (χ1n) is 19.8. The number of hydrogen-bond acceptors (Lipinski definition) is 8. The number of allylic oxidation sites excluding steroid dienone is 1. The lowest BCUT2D eigenvalue weighted by Crippen LogP contribution is -2.10. The molecular weight excluding hydrogens is 717 g/mol. The van der Waals surface area contributed by atoms with Crippen molar-refractivity contribution in [3.63, 3.8) is 0 Å². The number of carbonyl (C=O) groups is 3. The van der Waals surface area contributed by atoms with Crippen LogP contribution in [0, 0.1) is 5.92 Å². The maximum atomic E-state index is 13.0. The summed E-state index contributed by atoms with van der Waals surface area (Å²) in [5.41, 5.74) is 2.76. The maximum Gasteiger partial charge on any atom is 0.343 e. The highest BCUT2D eigenvalue weighted by molar-refractivity contribution is 5.93. The molecule has 0 amide bonds. The summed E-state index contributed by atoms with van der Waals surface area (Å²) < 4.78 is 28.4. The van der Waals surface area contributed by atoms with Gasteiger partial charge in [0.25, 0.3) is 0 Å². The lowest BCUT2D eigenvalue weighted by Gasteiger charge is -2.11. The highest BCUT2D eigenvalue weighted by atomic mass is 16.5. The Bertz CT molecular complexity index is 2020. The van der Waals surface area contributed by atoms with Crippen LogP contribution in [-0.4, -0.2) is 31.1 Å². The Balaban J connectivity index is 1.05. The fraction of sp³-hybridized carbons (Fsp3) is 0.286. The number of ether oxygens (including phenoxy) is 5. The minimum Gasteiger partial charge on any atom is -0.494 e. The number of benzene rings is 5. The van der Waals surface area contributed by atoms with E-state index in [9.17, 15) is 14.4 Å². The van der Waals surface area contributed by atoms with Gasteiger partial charge < -0.3 is 23.7 Å². The first-order valence-corrected chi connectivity index (χ1v) is 19.8. The number of rotatable bonds is 22. The van der Waals surface area contributed by atoms with Gasteiger partial charge in [-0.15, -0.1) is 6.58 Å². The van der Waals surface area contributed by atoms with Gasteiger partial charge in [-0.2, -0.15) is 0 Å². The Morgan fingerprint density at radius 3 is 1.51 bits per heavy atom. The molecule has 0 spiro atoms. The molecule has 8 nitrogen and oxygen atoms in total. The van der Waals surface area contributed by atoms with E-state index in [-0.39, 0.29) is 0 Å². The molecule has 8 heteroatoms. The molecule has 5 aromatic carbocycles. The second-order valence-corrected chi connectivity index (χ2v) is 14.0. The Kier molecular flexibility index (Phi) is 16.5. The predicted molar refractivity (Wildman–Crippen MR) is 224 cm³/mol. The molecule has 57 heavy (non-hydrogen) atoms. The average Bonchev–Trinajstić information content (AvgIpc) is 3.24. The van der Waals surface area contributed by atoms with E-state index in [4.69, 9.17) is 23.7 Å². The summed E-state index contributed by atoms with van der Waals surface area (Å²) in [6, 6.07) is 34.2. The minimum absolute atomic E-state index is 0.295. The molecule has 5 rings (SSSR count). The first kappa shape index (κ1) is 42.0. The molecule has 0 aliphatic rings.